The van der Waals surface area contributed by atoms with Gasteiger partial charge in [0.15, 0.2) is 0 Å². The summed E-state index contributed by atoms with van der Waals surface area (Å²) in [6.07, 6.45) is 7.82. The first kappa shape index (κ1) is 28.5. The second-order valence-electron chi connectivity index (χ2n) is 12.4. The van der Waals surface area contributed by atoms with Gasteiger partial charge in [0.1, 0.15) is 12.4 Å². The molecule has 9 heteroatoms. The van der Waals surface area contributed by atoms with Gasteiger partial charge in [-0.25, -0.2) is 0 Å². The molecule has 3 aliphatic heterocycles. The molecule has 4 heterocycles. The molecule has 3 unspecified atom stereocenters. The van der Waals surface area contributed by atoms with Gasteiger partial charge in [-0.3, -0.25) is 9.69 Å². The third-order valence-corrected chi connectivity index (χ3v) is 9.63. The number of nitrogens with zero attached hydrogens (tertiary/aromatic N) is 7. The van der Waals surface area contributed by atoms with Crippen LogP contribution in [0.25, 0.3) is 0 Å². The normalized spacial score (nSPS) is 24.0. The topological polar surface area (TPSA) is 88.8 Å². The fourth-order valence-electron chi connectivity index (χ4n) is 7.51. The quantitative estimate of drug-likeness (QED) is 0.444. The first-order valence-corrected chi connectivity index (χ1v) is 15.6. The van der Waals surface area contributed by atoms with Crippen molar-refractivity contribution in [1.82, 2.24) is 19.8 Å². The van der Waals surface area contributed by atoms with Gasteiger partial charge in [-0.2, -0.15) is 15.2 Å². The number of fused-ring (bicyclic) bond motifs is 2. The van der Waals surface area contributed by atoms with E-state index in [1.165, 1.54) is 29.3 Å². The zero-order valence-electron chi connectivity index (χ0n) is 25.0. The van der Waals surface area contributed by atoms with Gasteiger partial charge in [0.2, 0.25) is 5.91 Å². The number of likely N-dealkylation sites (tertiary alicyclic amines) is 1. The average molecular weight is 570 g/mol. The minimum Gasteiger partial charge on any atom is -0.462 e. The van der Waals surface area contributed by atoms with Crippen molar-refractivity contribution in [2.24, 2.45) is 0 Å². The Morgan fingerprint density at radius 3 is 2.81 bits per heavy atom. The molecule has 6 rings (SSSR count). The molecule has 222 valence electrons. The van der Waals surface area contributed by atoms with Crippen LogP contribution in [0.3, 0.4) is 0 Å². The maximum atomic E-state index is 12.5. The summed E-state index contributed by atoms with van der Waals surface area (Å²) in [4.78, 5) is 31.8. The van der Waals surface area contributed by atoms with Crippen LogP contribution >= 0.6 is 0 Å². The molecular weight excluding hydrogens is 526 g/mol. The van der Waals surface area contributed by atoms with Crippen LogP contribution in [0.15, 0.2) is 36.9 Å². The van der Waals surface area contributed by atoms with Crippen molar-refractivity contribution in [3.63, 3.8) is 0 Å². The van der Waals surface area contributed by atoms with Gasteiger partial charge in [-0.15, -0.1) is 0 Å². The highest BCUT2D eigenvalue weighted by Crippen LogP contribution is 2.37. The van der Waals surface area contributed by atoms with Gasteiger partial charge in [0, 0.05) is 62.0 Å². The van der Waals surface area contributed by atoms with Gasteiger partial charge >= 0.3 is 6.01 Å². The highest BCUT2D eigenvalue weighted by Gasteiger charge is 2.36. The van der Waals surface area contributed by atoms with Crippen molar-refractivity contribution >= 4 is 17.4 Å². The largest absolute Gasteiger partial charge is 0.462 e. The minimum absolute atomic E-state index is 0.122. The Morgan fingerprint density at radius 2 is 2.00 bits per heavy atom. The van der Waals surface area contributed by atoms with E-state index >= 15 is 0 Å². The molecule has 42 heavy (non-hydrogen) atoms. The molecule has 0 radical (unpaired) electrons. The van der Waals surface area contributed by atoms with Crippen LogP contribution in [-0.2, 0) is 24.1 Å². The molecule has 0 bridgehead atoms. The van der Waals surface area contributed by atoms with E-state index in [9.17, 15) is 10.1 Å². The Balaban J connectivity index is 1.29. The highest BCUT2D eigenvalue weighted by molar-refractivity contribution is 5.87. The zero-order chi connectivity index (χ0) is 29.2. The van der Waals surface area contributed by atoms with Crippen molar-refractivity contribution < 1.29 is 9.53 Å². The number of rotatable bonds is 8. The van der Waals surface area contributed by atoms with Crippen LogP contribution in [0.2, 0.25) is 0 Å². The van der Waals surface area contributed by atoms with E-state index < -0.39 is 0 Å². The lowest BCUT2D eigenvalue weighted by atomic mass is 9.90. The summed E-state index contributed by atoms with van der Waals surface area (Å²) in [5.41, 5.74) is 5.05. The van der Waals surface area contributed by atoms with E-state index in [0.717, 1.165) is 56.7 Å². The number of carbonyl (C=O) groups is 1. The summed E-state index contributed by atoms with van der Waals surface area (Å²) >= 11 is 0. The molecule has 0 saturated carbocycles. The van der Waals surface area contributed by atoms with Gasteiger partial charge in [0.25, 0.3) is 0 Å². The number of piperazine rings is 1. The monoisotopic (exact) mass is 569 g/mol. The standard InChI is InChI=1S/C33H43N7O2/c1-4-31(41)40-19-18-37(21-26(40)13-15-34)32-28-12-11-25(39-17-14-24-8-5-6-10-30(24)39)20-29(28)35-33(36-32)42-22-27-9-7-16-38(27)23(2)3/h4-6,8,10,23,25-27H,1,7,9,11-14,16-22H2,2-3H3. The number of para-hydroxylation sites is 1. The van der Waals surface area contributed by atoms with Crippen LogP contribution in [0, 0.1) is 11.3 Å². The predicted molar refractivity (Wildman–Crippen MR) is 164 cm³/mol. The van der Waals surface area contributed by atoms with Gasteiger partial charge in [0.05, 0.1) is 24.2 Å². The predicted octanol–water partition coefficient (Wildman–Crippen LogP) is 3.77. The lowest BCUT2D eigenvalue weighted by Gasteiger charge is -2.42. The van der Waals surface area contributed by atoms with Crippen molar-refractivity contribution in [1.29, 1.82) is 5.26 Å². The Labute approximate surface area is 249 Å². The molecule has 2 saturated heterocycles. The summed E-state index contributed by atoms with van der Waals surface area (Å²) in [5.74, 6) is 0.791. The van der Waals surface area contributed by atoms with Crippen LogP contribution in [-0.4, -0.2) is 89.2 Å². The summed E-state index contributed by atoms with van der Waals surface area (Å²) in [6, 6.07) is 12.5. The zero-order valence-corrected chi connectivity index (χ0v) is 25.0. The number of amides is 1. The van der Waals surface area contributed by atoms with Gasteiger partial charge < -0.3 is 19.4 Å². The van der Waals surface area contributed by atoms with E-state index in [0.29, 0.717) is 50.4 Å². The molecule has 0 N–H and O–H groups in total. The van der Waals surface area contributed by atoms with Crippen LogP contribution in [0.1, 0.15) is 56.4 Å². The molecule has 0 spiro atoms. The van der Waals surface area contributed by atoms with Crippen LogP contribution in [0.4, 0.5) is 11.5 Å². The molecule has 1 amide bonds. The van der Waals surface area contributed by atoms with Crippen LogP contribution < -0.4 is 14.5 Å². The maximum Gasteiger partial charge on any atom is 0.318 e. The number of nitriles is 1. The molecule has 1 aromatic heterocycles. The van der Waals surface area contributed by atoms with E-state index in [2.05, 4.69) is 65.5 Å². The molecule has 2 fully saturated rings. The summed E-state index contributed by atoms with van der Waals surface area (Å²) in [6.45, 7) is 12.6. The van der Waals surface area contributed by atoms with E-state index in [1.807, 2.05) is 0 Å². The fourth-order valence-corrected chi connectivity index (χ4v) is 7.51. The maximum absolute atomic E-state index is 12.5. The molecule has 2 aromatic rings. The molecular formula is C33H43N7O2. The number of hydrogen-bond acceptors (Lipinski definition) is 8. The van der Waals surface area contributed by atoms with Gasteiger partial charge in [-0.1, -0.05) is 24.8 Å². The lowest BCUT2D eigenvalue weighted by Crippen LogP contribution is -2.55. The van der Waals surface area contributed by atoms with E-state index in [1.54, 1.807) is 4.90 Å². The van der Waals surface area contributed by atoms with Crippen LogP contribution in [0.5, 0.6) is 6.01 Å². The number of aromatic nitrogens is 2. The first-order chi connectivity index (χ1) is 20.5. The summed E-state index contributed by atoms with van der Waals surface area (Å²) in [7, 11) is 0. The molecule has 1 aliphatic carbocycles. The van der Waals surface area contributed by atoms with Crippen molar-refractivity contribution in [3.05, 3.63) is 53.7 Å². The Bertz CT molecular complexity index is 1350. The Hall–Kier alpha value is -3.64. The minimum atomic E-state index is -0.209. The smallest absolute Gasteiger partial charge is 0.318 e. The molecule has 9 nitrogen and oxygen atoms in total. The molecule has 3 atom stereocenters. The van der Waals surface area contributed by atoms with Gasteiger partial charge in [-0.05, 0) is 70.2 Å². The molecule has 1 aromatic carbocycles. The number of anilines is 2. The second-order valence-corrected chi connectivity index (χ2v) is 12.4. The number of ether oxygens (including phenoxy) is 1. The number of benzene rings is 1. The van der Waals surface area contributed by atoms with E-state index in [4.69, 9.17) is 14.7 Å². The van der Waals surface area contributed by atoms with Crippen molar-refractivity contribution in [3.8, 4) is 12.1 Å². The lowest BCUT2D eigenvalue weighted by molar-refractivity contribution is -0.128. The summed E-state index contributed by atoms with van der Waals surface area (Å²) < 4.78 is 6.40. The number of carbonyl (C=O) groups excluding carboxylic acids is 1. The first-order valence-electron chi connectivity index (χ1n) is 15.6. The third-order valence-electron chi connectivity index (χ3n) is 9.63. The fraction of sp³-hybridized carbons (Fsp3) is 0.576. The third kappa shape index (κ3) is 5.57. The molecule has 4 aliphatic rings. The summed E-state index contributed by atoms with van der Waals surface area (Å²) in [5, 5.41) is 9.53. The second kappa shape index (κ2) is 12.3. The Morgan fingerprint density at radius 1 is 1.14 bits per heavy atom. The Kier molecular flexibility index (Phi) is 8.34. The number of hydrogen-bond donors (Lipinski definition) is 0. The van der Waals surface area contributed by atoms with Crippen molar-refractivity contribution in [2.75, 3.05) is 49.1 Å². The highest BCUT2D eigenvalue weighted by atomic mass is 16.5. The average Bonchev–Trinajstić information content (AvgIpc) is 3.67. The SMILES string of the molecule is C=CC(=O)N1CCN(c2nc(OCC3CCCN3C(C)C)nc3c2CCC(N2CCc4ccccc42)C3)CC1CC#N. The van der Waals surface area contributed by atoms with E-state index in [-0.39, 0.29) is 18.4 Å². The van der Waals surface area contributed by atoms with Crippen molar-refractivity contribution in [2.45, 2.75) is 83.0 Å².